The Morgan fingerprint density at radius 3 is 2.87 bits per heavy atom. The van der Waals surface area contributed by atoms with Gasteiger partial charge in [-0.05, 0) is 36.5 Å². The summed E-state index contributed by atoms with van der Waals surface area (Å²) >= 11 is 0. The van der Waals surface area contributed by atoms with Crippen molar-refractivity contribution in [3.8, 4) is 0 Å². The molecule has 4 aliphatic heterocycles. The summed E-state index contributed by atoms with van der Waals surface area (Å²) in [6, 6.07) is 0. The lowest BCUT2D eigenvalue weighted by Crippen LogP contribution is -3.28. The van der Waals surface area contributed by atoms with Crippen molar-refractivity contribution >= 4 is 5.97 Å². The van der Waals surface area contributed by atoms with Gasteiger partial charge >= 0.3 is 5.97 Å². The second kappa shape index (κ2) is 4.32. The fourth-order valence-corrected chi connectivity index (χ4v) is 7.75. The monoisotopic (exact) mass is 320 g/mol. The number of hydrogen-bond donors (Lipinski definition) is 1. The van der Waals surface area contributed by atoms with E-state index in [4.69, 9.17) is 9.47 Å². The fraction of sp³-hybridized carbons (Fsp3) is 0.947. The van der Waals surface area contributed by atoms with Crippen molar-refractivity contribution < 1.29 is 19.2 Å². The van der Waals surface area contributed by atoms with E-state index >= 15 is 0 Å². The number of piperidine rings is 1. The summed E-state index contributed by atoms with van der Waals surface area (Å²) in [6.45, 7) is 8.15. The molecule has 3 unspecified atom stereocenters. The first kappa shape index (κ1) is 14.7. The van der Waals surface area contributed by atoms with Gasteiger partial charge in [0, 0.05) is 19.3 Å². The minimum Gasteiger partial charge on any atom is -0.409 e. The molecule has 1 saturated carbocycles. The molecule has 0 aromatic rings. The van der Waals surface area contributed by atoms with Gasteiger partial charge in [-0.3, -0.25) is 9.69 Å². The number of carbonyl (C=O) groups is 1. The van der Waals surface area contributed by atoms with Gasteiger partial charge in [0.1, 0.15) is 12.6 Å². The van der Waals surface area contributed by atoms with Gasteiger partial charge in [0.15, 0.2) is 0 Å². The molecule has 1 aliphatic carbocycles. The van der Waals surface area contributed by atoms with Crippen LogP contribution in [0.15, 0.2) is 0 Å². The molecule has 23 heavy (non-hydrogen) atoms. The molecule has 1 N–H and O–H groups in total. The Morgan fingerprint density at radius 1 is 1.22 bits per heavy atom. The molecule has 0 aromatic carbocycles. The van der Waals surface area contributed by atoms with E-state index in [0.29, 0.717) is 24.4 Å². The van der Waals surface area contributed by atoms with Crippen LogP contribution in [0.4, 0.5) is 0 Å². The van der Waals surface area contributed by atoms with Crippen LogP contribution in [0.3, 0.4) is 0 Å². The first-order chi connectivity index (χ1) is 10.9. The SMILES string of the molecule is C[C@H]1C[C@@H]2C[NH+]3C45CCC[C@@](C)(CC(=O)O4)C5[C@@H](C)C[C@@]3(C1)O2. The number of fused-ring (bicyclic) bond motifs is 1. The van der Waals surface area contributed by atoms with Crippen LogP contribution in [0.2, 0.25) is 0 Å². The van der Waals surface area contributed by atoms with Gasteiger partial charge in [0.25, 0.3) is 5.72 Å². The average molecular weight is 320 g/mol. The zero-order valence-corrected chi connectivity index (χ0v) is 14.7. The Bertz CT molecular complexity index is 565. The smallest absolute Gasteiger partial charge is 0.311 e. The number of esters is 1. The topological polar surface area (TPSA) is 40.0 Å². The number of carbonyl (C=O) groups excluding carboxylic acids is 1. The minimum absolute atomic E-state index is 0.0368. The molecule has 0 aromatic heterocycles. The molecule has 0 radical (unpaired) electrons. The van der Waals surface area contributed by atoms with E-state index in [0.717, 1.165) is 31.7 Å². The average Bonchev–Trinajstić information content (AvgIpc) is 2.67. The zero-order valence-electron chi connectivity index (χ0n) is 14.7. The Labute approximate surface area is 138 Å². The van der Waals surface area contributed by atoms with Gasteiger partial charge in [0.05, 0.1) is 12.3 Å². The highest BCUT2D eigenvalue weighted by molar-refractivity contribution is 5.72. The van der Waals surface area contributed by atoms with Crippen LogP contribution in [0, 0.1) is 23.2 Å². The van der Waals surface area contributed by atoms with Crippen LogP contribution in [-0.2, 0) is 14.3 Å². The van der Waals surface area contributed by atoms with E-state index in [9.17, 15) is 4.79 Å². The Balaban J connectivity index is 1.65. The lowest BCUT2D eigenvalue weighted by molar-refractivity contribution is -1.04. The van der Waals surface area contributed by atoms with E-state index in [2.05, 4.69) is 20.8 Å². The summed E-state index contributed by atoms with van der Waals surface area (Å²) < 4.78 is 12.9. The highest BCUT2D eigenvalue weighted by atomic mass is 16.6. The van der Waals surface area contributed by atoms with Gasteiger partial charge in [-0.2, -0.15) is 0 Å². The zero-order chi connectivity index (χ0) is 16.0. The summed E-state index contributed by atoms with van der Waals surface area (Å²) in [5.74, 6) is 1.83. The molecule has 4 heterocycles. The highest BCUT2D eigenvalue weighted by Crippen LogP contribution is 2.59. The van der Waals surface area contributed by atoms with E-state index < -0.39 is 0 Å². The summed E-state index contributed by atoms with van der Waals surface area (Å²) in [5.41, 5.74) is -0.267. The quantitative estimate of drug-likeness (QED) is 0.693. The van der Waals surface area contributed by atoms with Crippen LogP contribution >= 0.6 is 0 Å². The van der Waals surface area contributed by atoms with Crippen molar-refractivity contribution in [1.29, 1.82) is 0 Å². The molecule has 5 fully saturated rings. The van der Waals surface area contributed by atoms with Gasteiger partial charge in [-0.1, -0.05) is 20.8 Å². The maximum atomic E-state index is 12.5. The van der Waals surface area contributed by atoms with Crippen LogP contribution in [0.25, 0.3) is 0 Å². The Kier molecular flexibility index (Phi) is 2.76. The largest absolute Gasteiger partial charge is 0.409 e. The molecule has 5 rings (SSSR count). The fourth-order valence-electron chi connectivity index (χ4n) is 7.75. The second-order valence-corrected chi connectivity index (χ2v) is 9.67. The predicted octanol–water partition coefficient (Wildman–Crippen LogP) is 1.89. The molecule has 4 heteroatoms. The van der Waals surface area contributed by atoms with Crippen molar-refractivity contribution in [3.63, 3.8) is 0 Å². The molecule has 0 amide bonds. The van der Waals surface area contributed by atoms with Gasteiger partial charge in [-0.15, -0.1) is 0 Å². The standard InChI is InChI=1S/C19H29NO3/c1-12-7-14-11-20-18(8-12,22-14)9-13(2)16-17(3)5-4-6-19(16,20)23-15(21)10-17/h12-14,16H,4-11H2,1-3H3/p+1/t12-,13-,14+,16?,17-,18+,19?/m0/s1. The Hall–Kier alpha value is -0.610. The number of nitrogens with one attached hydrogen (secondary N) is 1. The number of ether oxygens (including phenoxy) is 2. The molecule has 128 valence electrons. The molecular formula is C19H30NO3+. The van der Waals surface area contributed by atoms with Crippen molar-refractivity contribution in [1.82, 2.24) is 0 Å². The van der Waals surface area contributed by atoms with Crippen LogP contribution in [0.1, 0.15) is 65.7 Å². The van der Waals surface area contributed by atoms with E-state index in [1.807, 2.05) is 0 Å². The van der Waals surface area contributed by atoms with E-state index in [1.54, 1.807) is 0 Å². The van der Waals surface area contributed by atoms with Gasteiger partial charge in [-0.25, -0.2) is 0 Å². The number of rotatable bonds is 0. The summed E-state index contributed by atoms with van der Waals surface area (Å²) in [5, 5.41) is 0. The van der Waals surface area contributed by atoms with Crippen molar-refractivity contribution in [2.75, 3.05) is 6.54 Å². The normalized spacial score (nSPS) is 60.7. The molecule has 4 nitrogen and oxygen atoms in total. The van der Waals surface area contributed by atoms with E-state index in [-0.39, 0.29) is 22.8 Å². The number of quaternary nitrogens is 1. The third-order valence-electron chi connectivity index (χ3n) is 7.84. The number of hydrogen-bond acceptors (Lipinski definition) is 3. The van der Waals surface area contributed by atoms with E-state index in [1.165, 1.54) is 24.2 Å². The maximum absolute atomic E-state index is 12.5. The lowest BCUT2D eigenvalue weighted by Gasteiger charge is -2.63. The summed E-state index contributed by atoms with van der Waals surface area (Å²) in [4.78, 5) is 14.0. The first-order valence-corrected chi connectivity index (χ1v) is 9.63. The molecule has 5 aliphatic rings. The molecule has 4 saturated heterocycles. The Morgan fingerprint density at radius 2 is 2.04 bits per heavy atom. The van der Waals surface area contributed by atoms with Crippen LogP contribution < -0.4 is 4.90 Å². The second-order valence-electron chi connectivity index (χ2n) is 9.67. The summed E-state index contributed by atoms with van der Waals surface area (Å²) in [7, 11) is 0. The molecule has 1 spiro atoms. The van der Waals surface area contributed by atoms with Crippen LogP contribution in [0.5, 0.6) is 0 Å². The molecule has 8 atom stereocenters. The van der Waals surface area contributed by atoms with Crippen molar-refractivity contribution in [3.05, 3.63) is 0 Å². The van der Waals surface area contributed by atoms with Gasteiger partial charge in [0.2, 0.25) is 5.72 Å². The first-order valence-electron chi connectivity index (χ1n) is 9.63. The maximum Gasteiger partial charge on any atom is 0.311 e. The van der Waals surface area contributed by atoms with Crippen molar-refractivity contribution in [2.24, 2.45) is 23.2 Å². The molecular weight excluding hydrogens is 290 g/mol. The highest BCUT2D eigenvalue weighted by Gasteiger charge is 2.75. The van der Waals surface area contributed by atoms with Crippen LogP contribution in [-0.4, -0.2) is 30.1 Å². The molecule has 4 bridgehead atoms. The van der Waals surface area contributed by atoms with Gasteiger partial charge < -0.3 is 9.47 Å². The predicted molar refractivity (Wildman–Crippen MR) is 84.5 cm³/mol. The van der Waals surface area contributed by atoms with Crippen molar-refractivity contribution in [2.45, 2.75) is 83.3 Å². The summed E-state index contributed by atoms with van der Waals surface area (Å²) in [6.07, 6.45) is 7.82. The third kappa shape index (κ3) is 1.72. The third-order valence-corrected chi connectivity index (χ3v) is 7.84. The lowest BCUT2D eigenvalue weighted by atomic mass is 9.53. The minimum atomic E-state index is -0.307.